The number of nitro groups is 1. The lowest BCUT2D eigenvalue weighted by Gasteiger charge is -2.12. The van der Waals surface area contributed by atoms with E-state index in [-0.39, 0.29) is 21.7 Å². The van der Waals surface area contributed by atoms with Crippen LogP contribution in [0.15, 0.2) is 48.5 Å². The Morgan fingerprint density at radius 2 is 1.61 bits per heavy atom. The average Bonchev–Trinajstić information content (AvgIpc) is 2.47. The number of thiocarbonyl (C=S) groups is 2. The zero-order chi connectivity index (χ0) is 16.8. The Kier molecular flexibility index (Phi) is 5.50. The minimum Gasteiger partial charge on any atom is -0.332 e. The van der Waals surface area contributed by atoms with Crippen LogP contribution < -0.4 is 16.0 Å². The molecule has 0 fully saturated rings. The first kappa shape index (κ1) is 16.7. The zero-order valence-corrected chi connectivity index (χ0v) is 13.2. The van der Waals surface area contributed by atoms with Crippen molar-refractivity contribution in [3.05, 3.63) is 64.5 Å². The van der Waals surface area contributed by atoms with Gasteiger partial charge in [-0.15, -0.1) is 0 Å². The van der Waals surface area contributed by atoms with Gasteiger partial charge < -0.3 is 16.0 Å². The summed E-state index contributed by atoms with van der Waals surface area (Å²) >= 11 is 10.1. The minimum absolute atomic E-state index is 0.0160. The van der Waals surface area contributed by atoms with Crippen LogP contribution in [0.1, 0.15) is 0 Å². The number of nitrogens with zero attached hydrogens (tertiary/aromatic N) is 1. The average molecular weight is 350 g/mol. The van der Waals surface area contributed by atoms with E-state index in [2.05, 4.69) is 16.0 Å². The van der Waals surface area contributed by atoms with Gasteiger partial charge >= 0.3 is 0 Å². The molecule has 0 heterocycles. The Hall–Kier alpha value is -2.65. The summed E-state index contributed by atoms with van der Waals surface area (Å²) in [6, 6.07) is 11.6. The molecule has 0 saturated heterocycles. The van der Waals surface area contributed by atoms with Gasteiger partial charge in [-0.1, -0.05) is 6.07 Å². The number of nitrogens with one attached hydrogen (secondary N) is 3. The molecule has 0 aliphatic heterocycles. The van der Waals surface area contributed by atoms with Crippen molar-refractivity contribution in [2.24, 2.45) is 0 Å². The fourth-order valence-corrected chi connectivity index (χ4v) is 2.16. The molecular weight excluding hydrogens is 339 g/mol. The van der Waals surface area contributed by atoms with E-state index < -0.39 is 4.92 Å². The van der Waals surface area contributed by atoms with Crippen LogP contribution in [0.2, 0.25) is 0 Å². The van der Waals surface area contributed by atoms with Gasteiger partial charge in [-0.05, 0) is 54.8 Å². The van der Waals surface area contributed by atoms with Crippen LogP contribution in [-0.2, 0) is 0 Å². The van der Waals surface area contributed by atoms with E-state index in [1.54, 1.807) is 12.1 Å². The summed E-state index contributed by atoms with van der Waals surface area (Å²) in [7, 11) is 0. The third kappa shape index (κ3) is 5.24. The summed E-state index contributed by atoms with van der Waals surface area (Å²) in [5.74, 6) is -0.385. The molecule has 0 amide bonds. The van der Waals surface area contributed by atoms with Crippen molar-refractivity contribution in [1.82, 2.24) is 5.32 Å². The van der Waals surface area contributed by atoms with Crippen LogP contribution in [0, 0.1) is 15.9 Å². The smallest absolute Gasteiger partial charge is 0.269 e. The summed E-state index contributed by atoms with van der Waals surface area (Å²) in [6.07, 6.45) is 0. The predicted octanol–water partition coefficient (Wildman–Crippen LogP) is 3.42. The van der Waals surface area contributed by atoms with Crippen molar-refractivity contribution in [3.63, 3.8) is 0 Å². The largest absolute Gasteiger partial charge is 0.332 e. The van der Waals surface area contributed by atoms with E-state index in [9.17, 15) is 14.5 Å². The Morgan fingerprint density at radius 1 is 1.00 bits per heavy atom. The Balaban J connectivity index is 1.88. The number of rotatable bonds is 3. The highest BCUT2D eigenvalue weighted by Crippen LogP contribution is 2.15. The van der Waals surface area contributed by atoms with Crippen LogP contribution in [0.5, 0.6) is 0 Å². The molecule has 0 saturated carbocycles. The second kappa shape index (κ2) is 7.56. The Labute approximate surface area is 141 Å². The van der Waals surface area contributed by atoms with Crippen LogP contribution in [-0.4, -0.2) is 15.1 Å². The molecule has 3 N–H and O–H groups in total. The first-order valence-electron chi connectivity index (χ1n) is 6.33. The van der Waals surface area contributed by atoms with Crippen molar-refractivity contribution in [2.75, 3.05) is 10.6 Å². The molecule has 9 heteroatoms. The standard InChI is InChI=1S/C14H11FN4O2S2/c15-9-2-1-3-11(8-9)17-14(23)18-13(22)16-10-4-6-12(7-5-10)19(20)21/h1-8H,(H3,16,17,18,22,23). The van der Waals surface area contributed by atoms with Crippen LogP contribution in [0.25, 0.3) is 0 Å². The Morgan fingerprint density at radius 3 is 2.17 bits per heavy atom. The van der Waals surface area contributed by atoms with Crippen molar-refractivity contribution in [1.29, 1.82) is 0 Å². The number of anilines is 2. The quantitative estimate of drug-likeness (QED) is 0.445. The third-order valence-corrected chi connectivity index (χ3v) is 3.05. The monoisotopic (exact) mass is 350 g/mol. The number of hydrogen-bond acceptors (Lipinski definition) is 4. The predicted molar refractivity (Wildman–Crippen MR) is 95.1 cm³/mol. The molecule has 2 aromatic carbocycles. The number of hydrogen-bond donors (Lipinski definition) is 3. The molecule has 23 heavy (non-hydrogen) atoms. The second-order valence-corrected chi connectivity index (χ2v) is 5.16. The first-order valence-corrected chi connectivity index (χ1v) is 7.15. The molecule has 0 unspecified atom stereocenters. The van der Waals surface area contributed by atoms with Crippen molar-refractivity contribution >= 4 is 51.7 Å². The molecule has 6 nitrogen and oxygen atoms in total. The first-order chi connectivity index (χ1) is 10.9. The number of halogens is 1. The highest BCUT2D eigenvalue weighted by atomic mass is 32.1. The van der Waals surface area contributed by atoms with Gasteiger partial charge in [-0.2, -0.15) is 0 Å². The van der Waals surface area contributed by atoms with E-state index in [0.29, 0.717) is 11.4 Å². The molecule has 0 atom stereocenters. The molecule has 0 spiro atoms. The lowest BCUT2D eigenvalue weighted by Crippen LogP contribution is -2.37. The molecule has 0 bridgehead atoms. The number of benzene rings is 2. The molecule has 2 rings (SSSR count). The van der Waals surface area contributed by atoms with Crippen molar-refractivity contribution in [2.45, 2.75) is 0 Å². The molecule has 2 aromatic rings. The van der Waals surface area contributed by atoms with E-state index in [0.717, 1.165) is 0 Å². The highest BCUT2D eigenvalue weighted by molar-refractivity contribution is 7.82. The van der Waals surface area contributed by atoms with Gasteiger partial charge in [-0.3, -0.25) is 10.1 Å². The van der Waals surface area contributed by atoms with Crippen LogP contribution in [0.4, 0.5) is 21.5 Å². The Bertz CT molecular complexity index is 753. The maximum absolute atomic E-state index is 13.1. The maximum Gasteiger partial charge on any atom is 0.269 e. The lowest BCUT2D eigenvalue weighted by atomic mass is 10.3. The van der Waals surface area contributed by atoms with Gasteiger partial charge in [0.25, 0.3) is 5.69 Å². The van der Waals surface area contributed by atoms with Crippen LogP contribution in [0.3, 0.4) is 0 Å². The summed E-state index contributed by atoms with van der Waals surface area (Å²) in [5, 5.41) is 19.3. The van der Waals surface area contributed by atoms with Crippen molar-refractivity contribution in [3.8, 4) is 0 Å². The highest BCUT2D eigenvalue weighted by Gasteiger charge is 2.06. The summed E-state index contributed by atoms with van der Waals surface area (Å²) < 4.78 is 13.1. The van der Waals surface area contributed by atoms with Gasteiger partial charge in [0.1, 0.15) is 5.82 Å². The minimum atomic E-state index is -0.488. The molecule has 0 radical (unpaired) electrons. The zero-order valence-electron chi connectivity index (χ0n) is 11.6. The summed E-state index contributed by atoms with van der Waals surface area (Å²) in [4.78, 5) is 10.1. The van der Waals surface area contributed by atoms with E-state index in [1.165, 1.54) is 36.4 Å². The SMILES string of the molecule is O=[N+]([O-])c1ccc(NC(=S)NC(=S)Nc2cccc(F)c2)cc1. The van der Waals surface area contributed by atoms with Gasteiger partial charge in [0.05, 0.1) is 4.92 Å². The molecular formula is C14H11FN4O2S2. The van der Waals surface area contributed by atoms with Crippen LogP contribution >= 0.6 is 24.4 Å². The van der Waals surface area contributed by atoms with E-state index >= 15 is 0 Å². The third-order valence-electron chi connectivity index (χ3n) is 2.65. The van der Waals surface area contributed by atoms with Gasteiger partial charge in [0, 0.05) is 23.5 Å². The lowest BCUT2D eigenvalue weighted by molar-refractivity contribution is -0.384. The van der Waals surface area contributed by atoms with Crippen molar-refractivity contribution < 1.29 is 9.31 Å². The summed E-state index contributed by atoms with van der Waals surface area (Å²) in [5.41, 5.74) is 1.04. The van der Waals surface area contributed by atoms with Gasteiger partial charge in [0.15, 0.2) is 10.2 Å². The topological polar surface area (TPSA) is 79.2 Å². The molecule has 0 aliphatic rings. The molecule has 0 aliphatic carbocycles. The normalized spacial score (nSPS) is 9.78. The maximum atomic E-state index is 13.1. The summed E-state index contributed by atoms with van der Waals surface area (Å²) in [6.45, 7) is 0. The van der Waals surface area contributed by atoms with Gasteiger partial charge in [0.2, 0.25) is 0 Å². The number of non-ortho nitro benzene ring substituents is 1. The van der Waals surface area contributed by atoms with E-state index in [1.807, 2.05) is 0 Å². The molecule has 118 valence electrons. The fourth-order valence-electron chi connectivity index (χ4n) is 1.66. The molecule has 0 aromatic heterocycles. The van der Waals surface area contributed by atoms with E-state index in [4.69, 9.17) is 24.4 Å². The second-order valence-electron chi connectivity index (χ2n) is 4.35. The number of nitro benzene ring substituents is 1. The fraction of sp³-hybridized carbons (Fsp3) is 0. The van der Waals surface area contributed by atoms with Gasteiger partial charge in [-0.25, -0.2) is 4.39 Å².